The molecule has 124 valence electrons. The van der Waals surface area contributed by atoms with E-state index in [4.69, 9.17) is 4.74 Å². The van der Waals surface area contributed by atoms with Crippen molar-refractivity contribution < 1.29 is 17.9 Å². The molecule has 0 heterocycles. The summed E-state index contributed by atoms with van der Waals surface area (Å²) in [5.74, 6) is -0.403. The number of likely N-dealkylation sites (N-methyl/N-ethyl adjacent to an activating group) is 1. The summed E-state index contributed by atoms with van der Waals surface area (Å²) in [6.45, 7) is 8.55. The molecule has 0 radical (unpaired) electrons. The minimum Gasteiger partial charge on any atom is -0.461 e. The molecule has 1 N–H and O–H groups in total. The first-order chi connectivity index (χ1) is 10.4. The molecule has 0 amide bonds. The minimum absolute atomic E-state index is 0.00213. The second kappa shape index (κ2) is 8.75. The standard InChI is InChI=1S/C15H24N2O4S/c1-4-17(5-2)11-12-21-15(18)13-7-9-14(10-8-13)16-22(19,20)6-3/h7-10,16H,4-6,11-12H2,1-3H3. The molecule has 1 aromatic carbocycles. The number of hydrogen-bond donors (Lipinski definition) is 1. The van der Waals surface area contributed by atoms with Gasteiger partial charge in [0.1, 0.15) is 6.61 Å². The Labute approximate surface area is 132 Å². The predicted octanol–water partition coefficient (Wildman–Crippen LogP) is 1.95. The maximum Gasteiger partial charge on any atom is 0.338 e. The van der Waals surface area contributed by atoms with Crippen molar-refractivity contribution in [1.29, 1.82) is 0 Å². The van der Waals surface area contributed by atoms with Crippen LogP contribution in [0.2, 0.25) is 0 Å². The SMILES string of the molecule is CCN(CC)CCOC(=O)c1ccc(NS(=O)(=O)CC)cc1. The molecule has 7 heteroatoms. The fraction of sp³-hybridized carbons (Fsp3) is 0.533. The van der Waals surface area contributed by atoms with Gasteiger partial charge < -0.3 is 9.64 Å². The molecular weight excluding hydrogens is 304 g/mol. The number of ether oxygens (including phenoxy) is 1. The molecule has 6 nitrogen and oxygen atoms in total. The zero-order valence-corrected chi connectivity index (χ0v) is 14.1. The molecule has 0 aliphatic carbocycles. The highest BCUT2D eigenvalue weighted by Crippen LogP contribution is 2.12. The predicted molar refractivity (Wildman–Crippen MR) is 87.6 cm³/mol. The first-order valence-corrected chi connectivity index (χ1v) is 9.07. The Morgan fingerprint density at radius 1 is 1.14 bits per heavy atom. The third kappa shape index (κ3) is 6.03. The quantitative estimate of drug-likeness (QED) is 0.701. The lowest BCUT2D eigenvalue weighted by Crippen LogP contribution is -2.27. The van der Waals surface area contributed by atoms with Gasteiger partial charge in [0.05, 0.1) is 11.3 Å². The van der Waals surface area contributed by atoms with E-state index >= 15 is 0 Å². The van der Waals surface area contributed by atoms with Crippen molar-refractivity contribution in [3.8, 4) is 0 Å². The summed E-state index contributed by atoms with van der Waals surface area (Å²) in [5, 5.41) is 0. The lowest BCUT2D eigenvalue weighted by Gasteiger charge is -2.17. The van der Waals surface area contributed by atoms with Gasteiger partial charge in [0.15, 0.2) is 0 Å². The van der Waals surface area contributed by atoms with Crippen LogP contribution in [0.5, 0.6) is 0 Å². The van der Waals surface area contributed by atoms with Gasteiger partial charge in [-0.15, -0.1) is 0 Å². The van der Waals surface area contributed by atoms with Crippen molar-refractivity contribution in [2.75, 3.05) is 36.7 Å². The van der Waals surface area contributed by atoms with E-state index < -0.39 is 16.0 Å². The first-order valence-electron chi connectivity index (χ1n) is 7.41. The lowest BCUT2D eigenvalue weighted by atomic mass is 10.2. The highest BCUT2D eigenvalue weighted by Gasteiger charge is 2.10. The molecule has 0 spiro atoms. The fourth-order valence-corrected chi connectivity index (χ4v) is 2.46. The normalized spacial score (nSPS) is 11.5. The molecular formula is C15H24N2O4S. The Kier molecular flexibility index (Phi) is 7.34. The van der Waals surface area contributed by atoms with Crippen LogP contribution in [0.1, 0.15) is 31.1 Å². The van der Waals surface area contributed by atoms with Crippen LogP contribution < -0.4 is 4.72 Å². The van der Waals surface area contributed by atoms with Crippen LogP contribution in [-0.4, -0.2) is 51.3 Å². The Morgan fingerprint density at radius 2 is 1.73 bits per heavy atom. The number of esters is 1. The average Bonchev–Trinajstić information content (AvgIpc) is 2.52. The van der Waals surface area contributed by atoms with Crippen LogP contribution in [0, 0.1) is 0 Å². The van der Waals surface area contributed by atoms with E-state index in [9.17, 15) is 13.2 Å². The summed E-state index contributed by atoms with van der Waals surface area (Å²) in [6, 6.07) is 6.20. The number of carbonyl (C=O) groups excluding carboxylic acids is 1. The number of rotatable bonds is 9. The summed E-state index contributed by atoms with van der Waals surface area (Å²) < 4.78 is 30.5. The molecule has 22 heavy (non-hydrogen) atoms. The molecule has 0 aliphatic heterocycles. The summed E-state index contributed by atoms with van der Waals surface area (Å²) >= 11 is 0. The van der Waals surface area contributed by atoms with Crippen LogP contribution in [0.25, 0.3) is 0 Å². The van der Waals surface area contributed by atoms with Gasteiger partial charge in [-0.05, 0) is 44.3 Å². The van der Waals surface area contributed by atoms with Crippen LogP contribution in [0.4, 0.5) is 5.69 Å². The highest BCUT2D eigenvalue weighted by molar-refractivity contribution is 7.92. The first kappa shape index (κ1) is 18.4. The molecule has 0 fully saturated rings. The van der Waals surface area contributed by atoms with Crippen molar-refractivity contribution in [3.05, 3.63) is 29.8 Å². The van der Waals surface area contributed by atoms with E-state index in [1.165, 1.54) is 0 Å². The summed E-state index contributed by atoms with van der Waals surface area (Å²) in [5.41, 5.74) is 0.834. The molecule has 0 saturated heterocycles. The number of nitrogens with one attached hydrogen (secondary N) is 1. The van der Waals surface area contributed by atoms with E-state index in [0.717, 1.165) is 13.1 Å². The molecule has 0 aromatic heterocycles. The van der Waals surface area contributed by atoms with Gasteiger partial charge in [0, 0.05) is 12.2 Å². The van der Waals surface area contributed by atoms with E-state index in [-0.39, 0.29) is 5.75 Å². The van der Waals surface area contributed by atoms with Gasteiger partial charge in [-0.1, -0.05) is 13.8 Å². The Morgan fingerprint density at radius 3 is 2.23 bits per heavy atom. The maximum absolute atomic E-state index is 11.9. The van der Waals surface area contributed by atoms with Crippen molar-refractivity contribution in [2.45, 2.75) is 20.8 Å². The van der Waals surface area contributed by atoms with E-state index in [2.05, 4.69) is 23.5 Å². The molecule has 0 saturated carbocycles. The summed E-state index contributed by atoms with van der Waals surface area (Å²) in [4.78, 5) is 14.0. The number of carbonyl (C=O) groups is 1. The van der Waals surface area contributed by atoms with E-state index in [1.807, 2.05) is 0 Å². The number of nitrogens with zero attached hydrogens (tertiary/aromatic N) is 1. The topological polar surface area (TPSA) is 75.7 Å². The molecule has 0 atom stereocenters. The maximum atomic E-state index is 11.9. The van der Waals surface area contributed by atoms with Crippen LogP contribution in [-0.2, 0) is 14.8 Å². The Balaban J connectivity index is 2.54. The van der Waals surface area contributed by atoms with E-state index in [0.29, 0.717) is 24.4 Å². The van der Waals surface area contributed by atoms with Gasteiger partial charge >= 0.3 is 5.97 Å². The lowest BCUT2D eigenvalue weighted by molar-refractivity contribution is 0.0466. The zero-order chi connectivity index (χ0) is 16.6. The van der Waals surface area contributed by atoms with Gasteiger partial charge in [0.25, 0.3) is 0 Å². The molecule has 0 aliphatic rings. The third-order valence-corrected chi connectivity index (χ3v) is 4.62. The van der Waals surface area contributed by atoms with Crippen LogP contribution in [0.15, 0.2) is 24.3 Å². The van der Waals surface area contributed by atoms with Crippen molar-refractivity contribution >= 4 is 21.7 Å². The number of hydrogen-bond acceptors (Lipinski definition) is 5. The summed E-state index contributed by atoms with van der Waals surface area (Å²) in [6.07, 6.45) is 0. The molecule has 1 rings (SSSR count). The second-order valence-electron chi connectivity index (χ2n) is 4.75. The molecule has 0 bridgehead atoms. The Bertz CT molecular complexity index is 566. The zero-order valence-electron chi connectivity index (χ0n) is 13.3. The van der Waals surface area contributed by atoms with Gasteiger partial charge in [-0.25, -0.2) is 13.2 Å². The van der Waals surface area contributed by atoms with Crippen LogP contribution in [0.3, 0.4) is 0 Å². The number of anilines is 1. The summed E-state index contributed by atoms with van der Waals surface area (Å²) in [7, 11) is -3.31. The van der Waals surface area contributed by atoms with Crippen molar-refractivity contribution in [1.82, 2.24) is 4.90 Å². The highest BCUT2D eigenvalue weighted by atomic mass is 32.2. The smallest absolute Gasteiger partial charge is 0.338 e. The van der Waals surface area contributed by atoms with Crippen molar-refractivity contribution in [2.24, 2.45) is 0 Å². The van der Waals surface area contributed by atoms with Gasteiger partial charge in [-0.3, -0.25) is 4.72 Å². The van der Waals surface area contributed by atoms with Gasteiger partial charge in [-0.2, -0.15) is 0 Å². The average molecular weight is 328 g/mol. The molecule has 0 unspecified atom stereocenters. The largest absolute Gasteiger partial charge is 0.461 e. The van der Waals surface area contributed by atoms with Gasteiger partial charge in [0.2, 0.25) is 10.0 Å². The Hall–Kier alpha value is -1.60. The van der Waals surface area contributed by atoms with Crippen molar-refractivity contribution in [3.63, 3.8) is 0 Å². The monoisotopic (exact) mass is 328 g/mol. The van der Waals surface area contributed by atoms with Crippen LogP contribution >= 0.6 is 0 Å². The second-order valence-corrected chi connectivity index (χ2v) is 6.76. The number of benzene rings is 1. The minimum atomic E-state index is -3.31. The number of sulfonamides is 1. The third-order valence-electron chi connectivity index (χ3n) is 3.31. The van der Waals surface area contributed by atoms with E-state index in [1.54, 1.807) is 31.2 Å². The fourth-order valence-electron chi connectivity index (χ4n) is 1.82. The molecule has 1 aromatic rings.